The Morgan fingerprint density at radius 1 is 1.22 bits per heavy atom. The molecule has 2 amide bonds. The lowest BCUT2D eigenvalue weighted by molar-refractivity contribution is -0.133. The highest BCUT2D eigenvalue weighted by Crippen LogP contribution is 2.38. The van der Waals surface area contributed by atoms with Crippen LogP contribution >= 0.6 is 11.3 Å². The molecule has 0 aromatic carbocycles. The Morgan fingerprint density at radius 2 is 1.96 bits per heavy atom. The summed E-state index contributed by atoms with van der Waals surface area (Å²) in [4.78, 5) is 41.9. The largest absolute Gasteiger partial charge is 0.465 e. The summed E-state index contributed by atoms with van der Waals surface area (Å²) in [5.41, 5.74) is 1.53. The average molecular weight is 394 g/mol. The molecule has 1 saturated heterocycles. The smallest absolute Gasteiger partial charge is 0.341 e. The van der Waals surface area contributed by atoms with Gasteiger partial charge < -0.3 is 15.0 Å². The van der Waals surface area contributed by atoms with Gasteiger partial charge in [-0.05, 0) is 50.6 Å². The molecule has 148 valence electrons. The van der Waals surface area contributed by atoms with Gasteiger partial charge in [-0.25, -0.2) is 4.79 Å². The van der Waals surface area contributed by atoms with Crippen LogP contribution in [0.25, 0.3) is 0 Å². The van der Waals surface area contributed by atoms with Gasteiger partial charge in [-0.3, -0.25) is 14.5 Å². The second-order valence-electron chi connectivity index (χ2n) is 7.32. The Hall–Kier alpha value is -1.93. The highest BCUT2D eigenvalue weighted by Gasteiger charge is 2.33. The van der Waals surface area contributed by atoms with E-state index in [0.29, 0.717) is 10.6 Å². The van der Waals surface area contributed by atoms with Crippen molar-refractivity contribution in [1.82, 2.24) is 9.80 Å². The van der Waals surface area contributed by atoms with Crippen LogP contribution in [-0.2, 0) is 27.2 Å². The van der Waals surface area contributed by atoms with E-state index < -0.39 is 5.97 Å². The molecule has 3 rings (SSSR count). The molecule has 1 aromatic rings. The van der Waals surface area contributed by atoms with E-state index in [0.717, 1.165) is 50.6 Å². The number of hydrogen-bond acceptors (Lipinski definition) is 6. The number of aryl methyl sites for hydroxylation is 1. The second-order valence-corrected chi connectivity index (χ2v) is 8.42. The fraction of sp³-hybridized carbons (Fsp3) is 0.632. The minimum Gasteiger partial charge on any atom is -0.465 e. The van der Waals surface area contributed by atoms with E-state index in [9.17, 15) is 14.4 Å². The van der Waals surface area contributed by atoms with Crippen molar-refractivity contribution in [2.24, 2.45) is 0 Å². The molecular formula is C19H27N3O4S. The number of nitrogens with zero attached hydrogens (tertiary/aromatic N) is 2. The summed E-state index contributed by atoms with van der Waals surface area (Å²) in [5, 5.41) is 3.49. The van der Waals surface area contributed by atoms with E-state index in [2.05, 4.69) is 5.32 Å². The second kappa shape index (κ2) is 8.39. The Bertz CT molecular complexity index is 744. The van der Waals surface area contributed by atoms with Crippen molar-refractivity contribution in [1.29, 1.82) is 0 Å². The standard InChI is InChI=1S/C19H27N3O4S/c1-21(2)18(24)13-8-6-10-22(13)11-15(23)20-17-16(19(25)26-3)12-7-4-5-9-14(12)27-17/h13H,4-11H2,1-3H3,(H,20,23). The molecule has 8 heteroatoms. The molecule has 0 radical (unpaired) electrons. The minimum atomic E-state index is -0.397. The first-order valence-corrected chi connectivity index (χ1v) is 10.2. The molecular weight excluding hydrogens is 366 g/mol. The summed E-state index contributed by atoms with van der Waals surface area (Å²) in [7, 11) is 4.83. The summed E-state index contributed by atoms with van der Waals surface area (Å²) in [6, 6.07) is -0.248. The molecule has 0 saturated carbocycles. The number of anilines is 1. The van der Waals surface area contributed by atoms with E-state index in [4.69, 9.17) is 4.74 Å². The SMILES string of the molecule is COC(=O)c1c(NC(=O)CN2CCCC2C(=O)N(C)C)sc2c1CCCC2. The van der Waals surface area contributed by atoms with Gasteiger partial charge in [-0.15, -0.1) is 11.3 Å². The van der Waals surface area contributed by atoms with Gasteiger partial charge in [0.1, 0.15) is 5.00 Å². The van der Waals surface area contributed by atoms with Gasteiger partial charge in [0.25, 0.3) is 0 Å². The monoisotopic (exact) mass is 393 g/mol. The maximum Gasteiger partial charge on any atom is 0.341 e. The molecule has 0 spiro atoms. The van der Waals surface area contributed by atoms with Crippen LogP contribution < -0.4 is 5.32 Å². The molecule has 1 N–H and O–H groups in total. The number of ether oxygens (including phenoxy) is 1. The lowest BCUT2D eigenvalue weighted by atomic mass is 9.95. The predicted molar refractivity (Wildman–Crippen MR) is 104 cm³/mol. The molecule has 1 atom stereocenters. The van der Waals surface area contributed by atoms with E-state index in [1.807, 2.05) is 4.90 Å². The lowest BCUT2D eigenvalue weighted by Gasteiger charge is -2.25. The summed E-state index contributed by atoms with van der Waals surface area (Å²) in [6.45, 7) is 0.871. The molecule has 1 unspecified atom stereocenters. The Kier molecular flexibility index (Phi) is 6.16. The number of rotatable bonds is 5. The van der Waals surface area contributed by atoms with Crippen molar-refractivity contribution in [3.05, 3.63) is 16.0 Å². The van der Waals surface area contributed by atoms with Gasteiger partial charge in [0.05, 0.1) is 25.3 Å². The molecule has 1 fully saturated rings. The molecule has 7 nitrogen and oxygen atoms in total. The third-order valence-corrected chi connectivity index (χ3v) is 6.46. The number of esters is 1. The first-order valence-electron chi connectivity index (χ1n) is 9.40. The number of amides is 2. The van der Waals surface area contributed by atoms with Gasteiger partial charge in [0.2, 0.25) is 11.8 Å². The first kappa shape index (κ1) is 19.8. The number of fused-ring (bicyclic) bond motifs is 1. The fourth-order valence-electron chi connectivity index (χ4n) is 3.92. The average Bonchev–Trinajstić information content (AvgIpc) is 3.24. The number of nitrogens with one attached hydrogen (secondary N) is 1. The summed E-state index contributed by atoms with van der Waals surface area (Å²) in [6.07, 6.45) is 5.60. The maximum atomic E-state index is 12.7. The third-order valence-electron chi connectivity index (χ3n) is 5.25. The number of hydrogen-bond donors (Lipinski definition) is 1. The summed E-state index contributed by atoms with van der Waals surface area (Å²) < 4.78 is 4.95. The number of likely N-dealkylation sites (tertiary alicyclic amines) is 1. The van der Waals surface area contributed by atoms with Crippen molar-refractivity contribution in [3.63, 3.8) is 0 Å². The van der Waals surface area contributed by atoms with Crippen molar-refractivity contribution >= 4 is 34.1 Å². The number of carbonyl (C=O) groups is 3. The number of carbonyl (C=O) groups excluding carboxylic acids is 3. The van der Waals surface area contributed by atoms with Gasteiger partial charge in [0, 0.05) is 19.0 Å². The quantitative estimate of drug-likeness (QED) is 0.773. The molecule has 1 aromatic heterocycles. The molecule has 2 aliphatic rings. The molecule has 1 aliphatic carbocycles. The lowest BCUT2D eigenvalue weighted by Crippen LogP contribution is -2.45. The summed E-state index contributed by atoms with van der Waals surface area (Å²) in [5.74, 6) is -0.564. The molecule has 27 heavy (non-hydrogen) atoms. The van der Waals surface area contributed by atoms with E-state index in [1.54, 1.807) is 19.0 Å². The van der Waals surface area contributed by atoms with Crippen LogP contribution in [0.2, 0.25) is 0 Å². The van der Waals surface area contributed by atoms with Crippen molar-refractivity contribution < 1.29 is 19.1 Å². The maximum absolute atomic E-state index is 12.7. The Balaban J connectivity index is 1.73. The summed E-state index contributed by atoms with van der Waals surface area (Å²) >= 11 is 1.48. The molecule has 1 aliphatic heterocycles. The number of likely N-dealkylation sites (N-methyl/N-ethyl adjacent to an activating group) is 1. The van der Waals surface area contributed by atoms with Crippen molar-refractivity contribution in [2.75, 3.05) is 39.6 Å². The first-order chi connectivity index (χ1) is 12.9. The Labute approximate surface area is 163 Å². The zero-order valence-electron chi connectivity index (χ0n) is 16.2. The molecule has 0 bridgehead atoms. The Morgan fingerprint density at radius 3 is 2.67 bits per heavy atom. The van der Waals surface area contributed by atoms with E-state index >= 15 is 0 Å². The van der Waals surface area contributed by atoms with Gasteiger partial charge in [-0.2, -0.15) is 0 Å². The number of thiophene rings is 1. The normalized spacial score (nSPS) is 19.4. The van der Waals surface area contributed by atoms with Crippen LogP contribution in [0.4, 0.5) is 5.00 Å². The van der Waals surface area contributed by atoms with Gasteiger partial charge >= 0.3 is 5.97 Å². The topological polar surface area (TPSA) is 79.0 Å². The minimum absolute atomic E-state index is 0.0298. The van der Waals surface area contributed by atoms with Crippen LogP contribution in [0.3, 0.4) is 0 Å². The van der Waals surface area contributed by atoms with Crippen molar-refractivity contribution in [3.8, 4) is 0 Å². The zero-order chi connectivity index (χ0) is 19.6. The zero-order valence-corrected chi connectivity index (χ0v) is 17.0. The van der Waals surface area contributed by atoms with Crippen LogP contribution in [0.1, 0.15) is 46.5 Å². The van der Waals surface area contributed by atoms with Gasteiger partial charge in [0.15, 0.2) is 0 Å². The predicted octanol–water partition coefficient (Wildman–Crippen LogP) is 1.90. The van der Waals surface area contributed by atoms with E-state index in [-0.39, 0.29) is 24.4 Å². The molecule has 2 heterocycles. The third kappa shape index (κ3) is 4.16. The van der Waals surface area contributed by atoms with Crippen LogP contribution in [0, 0.1) is 0 Å². The van der Waals surface area contributed by atoms with Crippen LogP contribution in [-0.4, -0.2) is 67.9 Å². The number of methoxy groups -OCH3 is 1. The highest BCUT2D eigenvalue weighted by molar-refractivity contribution is 7.17. The highest BCUT2D eigenvalue weighted by atomic mass is 32.1. The van der Waals surface area contributed by atoms with Crippen LogP contribution in [0.5, 0.6) is 0 Å². The van der Waals surface area contributed by atoms with Crippen LogP contribution in [0.15, 0.2) is 0 Å². The van der Waals surface area contributed by atoms with E-state index in [1.165, 1.54) is 23.3 Å². The fourth-order valence-corrected chi connectivity index (χ4v) is 5.21. The van der Waals surface area contributed by atoms with Crippen molar-refractivity contribution in [2.45, 2.75) is 44.6 Å². The van der Waals surface area contributed by atoms with Gasteiger partial charge in [-0.1, -0.05) is 0 Å².